The molecule has 6 heteroatoms. The molecule has 0 fully saturated rings. The fraction of sp³-hybridized carbons (Fsp3) is 0.222. The Labute approximate surface area is 149 Å². The highest BCUT2D eigenvalue weighted by Gasteiger charge is 2.19. The number of rotatable bonds is 5. The summed E-state index contributed by atoms with van der Waals surface area (Å²) in [4.78, 5) is 25.8. The monoisotopic (exact) mass is 390 g/mol. The lowest BCUT2D eigenvalue weighted by atomic mass is 10.2. The highest BCUT2D eigenvalue weighted by molar-refractivity contribution is 9.10. The number of ether oxygens (including phenoxy) is 1. The van der Waals surface area contributed by atoms with Crippen molar-refractivity contribution >= 4 is 39.1 Å². The summed E-state index contributed by atoms with van der Waals surface area (Å²) in [6.45, 7) is 3.25. The van der Waals surface area contributed by atoms with Gasteiger partial charge in [-0.1, -0.05) is 28.1 Å². The van der Waals surface area contributed by atoms with E-state index in [1.165, 1.54) is 18.9 Å². The van der Waals surface area contributed by atoms with Gasteiger partial charge in [0.1, 0.15) is 12.3 Å². The predicted octanol–water partition coefficient (Wildman–Crippen LogP) is 3.76. The lowest BCUT2D eigenvalue weighted by Crippen LogP contribution is -2.37. The molecule has 0 aliphatic carbocycles. The van der Waals surface area contributed by atoms with Crippen LogP contribution in [0.15, 0.2) is 46.9 Å². The second-order valence-electron chi connectivity index (χ2n) is 5.34. The zero-order valence-electron chi connectivity index (χ0n) is 13.8. The van der Waals surface area contributed by atoms with Crippen molar-refractivity contribution in [1.82, 2.24) is 0 Å². The number of carbonyl (C=O) groups is 2. The second-order valence-corrected chi connectivity index (χ2v) is 6.25. The zero-order chi connectivity index (χ0) is 17.7. The molecule has 0 atom stereocenters. The Kier molecular flexibility index (Phi) is 5.98. The van der Waals surface area contributed by atoms with Crippen LogP contribution in [0.1, 0.15) is 12.5 Å². The summed E-state index contributed by atoms with van der Waals surface area (Å²) in [6, 6.07) is 12.8. The van der Waals surface area contributed by atoms with E-state index in [-0.39, 0.29) is 18.4 Å². The molecule has 126 valence electrons. The van der Waals surface area contributed by atoms with Crippen molar-refractivity contribution in [3.8, 4) is 5.75 Å². The highest BCUT2D eigenvalue weighted by atomic mass is 79.9. The average molecular weight is 391 g/mol. The van der Waals surface area contributed by atoms with Gasteiger partial charge in [-0.15, -0.1) is 0 Å². The van der Waals surface area contributed by atoms with Crippen LogP contribution >= 0.6 is 15.9 Å². The van der Waals surface area contributed by atoms with Gasteiger partial charge in [0, 0.05) is 17.1 Å². The fourth-order valence-electron chi connectivity index (χ4n) is 2.29. The molecule has 0 radical (unpaired) electrons. The SMILES string of the molecule is COc1ccc(C)cc1N(CC(=O)Nc1cccc(Br)c1)C(C)=O. The number of anilines is 2. The van der Waals surface area contributed by atoms with E-state index >= 15 is 0 Å². The van der Waals surface area contributed by atoms with Gasteiger partial charge in [-0.3, -0.25) is 14.5 Å². The molecule has 0 aromatic heterocycles. The van der Waals surface area contributed by atoms with Crippen LogP contribution < -0.4 is 15.0 Å². The Balaban J connectivity index is 2.21. The van der Waals surface area contributed by atoms with E-state index in [1.54, 1.807) is 18.2 Å². The van der Waals surface area contributed by atoms with E-state index in [4.69, 9.17) is 4.74 Å². The minimum absolute atomic E-state index is 0.0956. The zero-order valence-corrected chi connectivity index (χ0v) is 15.4. The van der Waals surface area contributed by atoms with Gasteiger partial charge in [-0.05, 0) is 42.8 Å². The average Bonchev–Trinajstić information content (AvgIpc) is 2.52. The lowest BCUT2D eigenvalue weighted by molar-refractivity contribution is -0.120. The summed E-state index contributed by atoms with van der Waals surface area (Å²) in [5.41, 5.74) is 2.22. The molecule has 2 rings (SSSR count). The molecule has 5 nitrogen and oxygen atoms in total. The van der Waals surface area contributed by atoms with Gasteiger partial charge >= 0.3 is 0 Å². The minimum Gasteiger partial charge on any atom is -0.495 e. The summed E-state index contributed by atoms with van der Waals surface area (Å²) in [6.07, 6.45) is 0. The lowest BCUT2D eigenvalue weighted by Gasteiger charge is -2.23. The highest BCUT2D eigenvalue weighted by Crippen LogP contribution is 2.29. The van der Waals surface area contributed by atoms with E-state index in [0.29, 0.717) is 17.1 Å². The van der Waals surface area contributed by atoms with E-state index in [0.717, 1.165) is 10.0 Å². The van der Waals surface area contributed by atoms with Gasteiger partial charge in [0.25, 0.3) is 0 Å². The van der Waals surface area contributed by atoms with Crippen LogP contribution in [-0.2, 0) is 9.59 Å². The first-order chi connectivity index (χ1) is 11.4. The van der Waals surface area contributed by atoms with Crippen molar-refractivity contribution in [2.45, 2.75) is 13.8 Å². The van der Waals surface area contributed by atoms with E-state index < -0.39 is 0 Å². The maximum Gasteiger partial charge on any atom is 0.244 e. The van der Waals surface area contributed by atoms with Gasteiger partial charge in [-0.2, -0.15) is 0 Å². The molecule has 2 amide bonds. The van der Waals surface area contributed by atoms with Gasteiger partial charge in [-0.25, -0.2) is 0 Å². The quantitative estimate of drug-likeness (QED) is 0.845. The molecule has 2 aromatic rings. The molecule has 0 bridgehead atoms. The van der Waals surface area contributed by atoms with Crippen molar-refractivity contribution < 1.29 is 14.3 Å². The summed E-state index contributed by atoms with van der Waals surface area (Å²) < 4.78 is 6.18. The van der Waals surface area contributed by atoms with E-state index in [1.807, 2.05) is 31.2 Å². The maximum atomic E-state index is 12.3. The first-order valence-electron chi connectivity index (χ1n) is 7.39. The molecule has 0 unspecified atom stereocenters. The molecule has 0 saturated carbocycles. The standard InChI is InChI=1S/C18H19BrN2O3/c1-12-7-8-17(24-3)16(9-12)21(13(2)22)11-18(23)20-15-6-4-5-14(19)10-15/h4-10H,11H2,1-3H3,(H,20,23). The smallest absolute Gasteiger partial charge is 0.244 e. The molecule has 0 spiro atoms. The Hall–Kier alpha value is -2.34. The predicted molar refractivity (Wildman–Crippen MR) is 98.5 cm³/mol. The number of aryl methyl sites for hydroxylation is 1. The number of nitrogens with one attached hydrogen (secondary N) is 1. The molecule has 2 aromatic carbocycles. The summed E-state index contributed by atoms with van der Waals surface area (Å²) in [5, 5.41) is 2.79. The number of hydrogen-bond acceptors (Lipinski definition) is 3. The van der Waals surface area contributed by atoms with Crippen molar-refractivity contribution in [3.05, 3.63) is 52.5 Å². The third-order valence-corrected chi connectivity index (χ3v) is 3.91. The molecular weight excluding hydrogens is 372 g/mol. The fourth-order valence-corrected chi connectivity index (χ4v) is 2.69. The molecule has 24 heavy (non-hydrogen) atoms. The Morgan fingerprint density at radius 1 is 1.21 bits per heavy atom. The third kappa shape index (κ3) is 4.58. The summed E-state index contributed by atoms with van der Waals surface area (Å²) in [7, 11) is 1.54. The molecular formula is C18H19BrN2O3. The number of hydrogen-bond donors (Lipinski definition) is 1. The first kappa shape index (κ1) is 18.0. The molecule has 1 N–H and O–H groups in total. The van der Waals surface area contributed by atoms with E-state index in [9.17, 15) is 9.59 Å². The summed E-state index contributed by atoms with van der Waals surface area (Å²) >= 11 is 3.36. The maximum absolute atomic E-state index is 12.3. The number of amides is 2. The van der Waals surface area contributed by atoms with Crippen molar-refractivity contribution in [1.29, 1.82) is 0 Å². The molecule has 0 aliphatic rings. The molecule has 0 aliphatic heterocycles. The molecule has 0 heterocycles. The molecule has 0 saturated heterocycles. The Morgan fingerprint density at radius 3 is 2.58 bits per heavy atom. The van der Waals surface area contributed by atoms with Gasteiger partial charge in [0.05, 0.1) is 12.8 Å². The normalized spacial score (nSPS) is 10.2. The van der Waals surface area contributed by atoms with Crippen molar-refractivity contribution in [3.63, 3.8) is 0 Å². The van der Waals surface area contributed by atoms with Gasteiger partial charge < -0.3 is 10.1 Å². The van der Waals surface area contributed by atoms with Crippen molar-refractivity contribution in [2.24, 2.45) is 0 Å². The Bertz CT molecular complexity index is 762. The number of nitrogens with zero attached hydrogens (tertiary/aromatic N) is 1. The van der Waals surface area contributed by atoms with Crippen LogP contribution in [0.2, 0.25) is 0 Å². The third-order valence-electron chi connectivity index (χ3n) is 3.42. The second kappa shape index (κ2) is 7.97. The first-order valence-corrected chi connectivity index (χ1v) is 8.18. The largest absolute Gasteiger partial charge is 0.495 e. The topological polar surface area (TPSA) is 58.6 Å². The van der Waals surface area contributed by atoms with Crippen LogP contribution in [-0.4, -0.2) is 25.5 Å². The summed E-state index contributed by atoms with van der Waals surface area (Å²) in [5.74, 6) is 0.0289. The Morgan fingerprint density at radius 2 is 1.96 bits per heavy atom. The number of benzene rings is 2. The number of methoxy groups -OCH3 is 1. The van der Waals surface area contributed by atoms with Crippen LogP contribution in [0, 0.1) is 6.92 Å². The van der Waals surface area contributed by atoms with Crippen molar-refractivity contribution in [2.75, 3.05) is 23.9 Å². The number of carbonyl (C=O) groups excluding carboxylic acids is 2. The van der Waals surface area contributed by atoms with Crippen LogP contribution in [0.3, 0.4) is 0 Å². The minimum atomic E-state index is -0.285. The van der Waals surface area contributed by atoms with Crippen LogP contribution in [0.5, 0.6) is 5.75 Å². The number of halogens is 1. The van der Waals surface area contributed by atoms with Gasteiger partial charge in [0.15, 0.2) is 0 Å². The van der Waals surface area contributed by atoms with Crippen LogP contribution in [0.25, 0.3) is 0 Å². The van der Waals surface area contributed by atoms with Gasteiger partial charge in [0.2, 0.25) is 11.8 Å². The van der Waals surface area contributed by atoms with E-state index in [2.05, 4.69) is 21.2 Å². The van der Waals surface area contributed by atoms with Crippen LogP contribution in [0.4, 0.5) is 11.4 Å².